The number of ether oxygens (including phenoxy) is 2. The molecular formula is C25H27ClN2O5. The highest BCUT2D eigenvalue weighted by Crippen LogP contribution is 2.36. The van der Waals surface area contributed by atoms with Crippen molar-refractivity contribution in [1.82, 2.24) is 9.47 Å². The monoisotopic (exact) mass is 470 g/mol. The number of likely N-dealkylation sites (N-methyl/N-ethyl adjacent to an activating group) is 1. The Morgan fingerprint density at radius 3 is 2.24 bits per heavy atom. The van der Waals surface area contributed by atoms with Crippen LogP contribution in [0.4, 0.5) is 0 Å². The van der Waals surface area contributed by atoms with Crippen LogP contribution in [0.5, 0.6) is 5.75 Å². The number of carbonyl (C=O) groups is 3. The fourth-order valence-corrected chi connectivity index (χ4v) is 4.09. The second-order valence-corrected chi connectivity index (χ2v) is 7.97. The van der Waals surface area contributed by atoms with Crippen LogP contribution in [0.1, 0.15) is 48.5 Å². The number of nitrogens with zero attached hydrogens (tertiary/aromatic N) is 2. The second-order valence-electron chi connectivity index (χ2n) is 7.53. The lowest BCUT2D eigenvalue weighted by molar-refractivity contribution is -0.159. The molecule has 0 saturated heterocycles. The van der Waals surface area contributed by atoms with Gasteiger partial charge in [0.15, 0.2) is 0 Å². The minimum Gasteiger partial charge on any atom is -0.497 e. The summed E-state index contributed by atoms with van der Waals surface area (Å²) in [4.78, 5) is 40.5. The SMILES string of the molecule is CCN(CC)C(=O)C(OC(C)=O)c1c(C)n(C(=O)c2ccc(Cl)cc2)c2ccc(OC)cc12. The largest absolute Gasteiger partial charge is 0.497 e. The summed E-state index contributed by atoms with van der Waals surface area (Å²) in [5, 5.41) is 1.12. The van der Waals surface area contributed by atoms with Gasteiger partial charge in [0.25, 0.3) is 11.8 Å². The van der Waals surface area contributed by atoms with Crippen molar-refractivity contribution in [1.29, 1.82) is 0 Å². The molecule has 0 radical (unpaired) electrons. The number of hydrogen-bond donors (Lipinski definition) is 0. The van der Waals surface area contributed by atoms with E-state index in [9.17, 15) is 14.4 Å². The summed E-state index contributed by atoms with van der Waals surface area (Å²) in [5.74, 6) is -0.675. The normalized spacial score (nSPS) is 11.8. The number of carbonyl (C=O) groups excluding carboxylic acids is 3. The van der Waals surface area contributed by atoms with Gasteiger partial charge in [0.05, 0.1) is 12.6 Å². The number of hydrogen-bond acceptors (Lipinski definition) is 5. The summed E-state index contributed by atoms with van der Waals surface area (Å²) >= 11 is 5.99. The number of amides is 1. The first kappa shape index (κ1) is 24.3. The van der Waals surface area contributed by atoms with Crippen LogP contribution < -0.4 is 4.74 Å². The van der Waals surface area contributed by atoms with Crippen LogP contribution in [0, 0.1) is 6.92 Å². The minimum absolute atomic E-state index is 0.289. The predicted octanol–water partition coefficient (Wildman–Crippen LogP) is 4.77. The van der Waals surface area contributed by atoms with Gasteiger partial charge < -0.3 is 14.4 Å². The zero-order valence-electron chi connectivity index (χ0n) is 19.3. The fraction of sp³-hybridized carbons (Fsp3) is 0.320. The molecule has 0 N–H and O–H groups in total. The summed E-state index contributed by atoms with van der Waals surface area (Å²) in [6.45, 7) is 7.62. The van der Waals surface area contributed by atoms with Crippen molar-refractivity contribution in [2.45, 2.75) is 33.8 Å². The van der Waals surface area contributed by atoms with Crippen LogP contribution in [-0.2, 0) is 14.3 Å². The highest BCUT2D eigenvalue weighted by atomic mass is 35.5. The van der Waals surface area contributed by atoms with E-state index in [0.29, 0.717) is 51.6 Å². The molecule has 0 aliphatic rings. The lowest BCUT2D eigenvalue weighted by atomic mass is 10.0. The highest BCUT2D eigenvalue weighted by molar-refractivity contribution is 6.30. The van der Waals surface area contributed by atoms with Gasteiger partial charge in [0, 0.05) is 47.2 Å². The van der Waals surface area contributed by atoms with Crippen molar-refractivity contribution in [3.05, 3.63) is 64.3 Å². The van der Waals surface area contributed by atoms with Gasteiger partial charge in [-0.3, -0.25) is 19.0 Å². The van der Waals surface area contributed by atoms with Gasteiger partial charge in [0.1, 0.15) is 5.75 Å². The third-order valence-electron chi connectivity index (χ3n) is 5.60. The number of benzene rings is 2. The Morgan fingerprint density at radius 2 is 1.70 bits per heavy atom. The molecule has 0 fully saturated rings. The molecule has 8 heteroatoms. The summed E-state index contributed by atoms with van der Waals surface area (Å²) < 4.78 is 12.5. The molecule has 0 bridgehead atoms. The van der Waals surface area contributed by atoms with E-state index in [1.807, 2.05) is 13.8 Å². The first-order valence-electron chi connectivity index (χ1n) is 10.7. The summed E-state index contributed by atoms with van der Waals surface area (Å²) in [5.41, 5.74) is 1.97. The van der Waals surface area contributed by atoms with Crippen molar-refractivity contribution >= 4 is 40.3 Å². The Balaban J connectivity index is 2.30. The van der Waals surface area contributed by atoms with Crippen LogP contribution in [0.25, 0.3) is 10.9 Å². The summed E-state index contributed by atoms with van der Waals surface area (Å²) in [6.07, 6.45) is -1.20. The van der Waals surface area contributed by atoms with E-state index in [4.69, 9.17) is 21.1 Å². The molecule has 33 heavy (non-hydrogen) atoms. The molecule has 0 aliphatic carbocycles. The first-order valence-corrected chi connectivity index (χ1v) is 11.1. The third kappa shape index (κ3) is 4.73. The van der Waals surface area contributed by atoms with Crippen LogP contribution in [0.2, 0.25) is 5.02 Å². The number of fused-ring (bicyclic) bond motifs is 1. The van der Waals surface area contributed by atoms with E-state index in [2.05, 4.69) is 0 Å². The van der Waals surface area contributed by atoms with Gasteiger partial charge in [-0.15, -0.1) is 0 Å². The summed E-state index contributed by atoms with van der Waals surface area (Å²) in [6, 6.07) is 11.8. The zero-order valence-corrected chi connectivity index (χ0v) is 20.1. The third-order valence-corrected chi connectivity index (χ3v) is 5.85. The Hall–Kier alpha value is -3.32. The van der Waals surface area contributed by atoms with Gasteiger partial charge in [-0.25, -0.2) is 0 Å². The topological polar surface area (TPSA) is 77.8 Å². The van der Waals surface area contributed by atoms with Crippen molar-refractivity contribution < 1.29 is 23.9 Å². The number of aromatic nitrogens is 1. The van der Waals surface area contributed by atoms with Gasteiger partial charge >= 0.3 is 5.97 Å². The molecule has 1 amide bonds. The number of rotatable bonds is 7. The van der Waals surface area contributed by atoms with E-state index in [0.717, 1.165) is 0 Å². The van der Waals surface area contributed by atoms with E-state index in [1.54, 1.807) is 54.3 Å². The van der Waals surface area contributed by atoms with E-state index in [-0.39, 0.29) is 11.8 Å². The maximum absolute atomic E-state index is 13.5. The van der Waals surface area contributed by atoms with Gasteiger partial charge in [0.2, 0.25) is 6.10 Å². The molecule has 3 aromatic rings. The maximum atomic E-state index is 13.5. The van der Waals surface area contributed by atoms with Crippen LogP contribution in [0.3, 0.4) is 0 Å². The fourth-order valence-electron chi connectivity index (χ4n) is 3.96. The minimum atomic E-state index is -1.20. The van der Waals surface area contributed by atoms with Gasteiger partial charge in [-0.05, 0) is 63.2 Å². The molecule has 174 valence electrons. The molecule has 1 heterocycles. The lowest BCUT2D eigenvalue weighted by Gasteiger charge is -2.25. The number of halogens is 1. The molecule has 0 spiro atoms. The Labute approximate surface area is 197 Å². The number of esters is 1. The molecular weight excluding hydrogens is 444 g/mol. The molecule has 1 unspecified atom stereocenters. The molecule has 3 rings (SSSR count). The van der Waals surface area contributed by atoms with Crippen molar-refractivity contribution in [2.24, 2.45) is 0 Å². The first-order chi connectivity index (χ1) is 15.7. The van der Waals surface area contributed by atoms with E-state index >= 15 is 0 Å². The van der Waals surface area contributed by atoms with Crippen molar-refractivity contribution in [2.75, 3.05) is 20.2 Å². The van der Waals surface area contributed by atoms with E-state index in [1.165, 1.54) is 18.6 Å². The predicted molar refractivity (Wildman–Crippen MR) is 127 cm³/mol. The zero-order chi connectivity index (χ0) is 24.3. The van der Waals surface area contributed by atoms with Gasteiger partial charge in [-0.1, -0.05) is 11.6 Å². The molecule has 7 nitrogen and oxygen atoms in total. The maximum Gasteiger partial charge on any atom is 0.303 e. The van der Waals surface area contributed by atoms with Crippen LogP contribution in [0.15, 0.2) is 42.5 Å². The molecule has 1 atom stereocenters. The van der Waals surface area contributed by atoms with E-state index < -0.39 is 12.1 Å². The molecule has 2 aromatic carbocycles. The molecule has 0 saturated carbocycles. The molecule has 1 aromatic heterocycles. The number of methoxy groups -OCH3 is 1. The van der Waals surface area contributed by atoms with Crippen molar-refractivity contribution in [3.63, 3.8) is 0 Å². The molecule has 0 aliphatic heterocycles. The smallest absolute Gasteiger partial charge is 0.303 e. The highest BCUT2D eigenvalue weighted by Gasteiger charge is 2.34. The second kappa shape index (κ2) is 10.1. The van der Waals surface area contributed by atoms with Crippen molar-refractivity contribution in [3.8, 4) is 5.75 Å². The standard InChI is InChI=1S/C25H27ClN2O5/c1-6-27(7-2)25(31)23(33-16(4)29)22-15(3)28(21-13-12-19(32-5)14-20(21)22)24(30)17-8-10-18(26)11-9-17/h8-14,23H,6-7H2,1-5H3. The summed E-state index contributed by atoms with van der Waals surface area (Å²) in [7, 11) is 1.54. The Morgan fingerprint density at radius 1 is 1.06 bits per heavy atom. The average Bonchev–Trinajstić information content (AvgIpc) is 3.08. The Kier molecular flexibility index (Phi) is 7.43. The quantitative estimate of drug-likeness (QED) is 0.465. The van der Waals surface area contributed by atoms with Crippen LogP contribution >= 0.6 is 11.6 Å². The average molecular weight is 471 g/mol. The Bertz CT molecular complexity index is 1200. The van der Waals surface area contributed by atoms with Crippen LogP contribution in [-0.4, -0.2) is 47.4 Å². The lowest BCUT2D eigenvalue weighted by Crippen LogP contribution is -2.36. The van der Waals surface area contributed by atoms with Gasteiger partial charge in [-0.2, -0.15) is 0 Å².